The van der Waals surface area contributed by atoms with Crippen LogP contribution in [0, 0.1) is 5.92 Å². The van der Waals surface area contributed by atoms with E-state index in [1.54, 1.807) is 18.7 Å². The first-order chi connectivity index (χ1) is 18.2. The Labute approximate surface area is 228 Å². The van der Waals surface area contributed by atoms with Crippen LogP contribution in [-0.4, -0.2) is 82.5 Å². The molecule has 0 bridgehead atoms. The van der Waals surface area contributed by atoms with E-state index in [1.807, 2.05) is 30.3 Å². The summed E-state index contributed by atoms with van der Waals surface area (Å²) in [7, 11) is 0. The highest BCUT2D eigenvalue weighted by Crippen LogP contribution is 2.39. The molecule has 0 aromatic heterocycles. The normalized spacial score (nSPS) is 22.9. The van der Waals surface area contributed by atoms with E-state index >= 15 is 0 Å². The van der Waals surface area contributed by atoms with E-state index in [1.165, 1.54) is 0 Å². The molecule has 1 spiro atoms. The minimum atomic E-state index is -0.909. The van der Waals surface area contributed by atoms with Gasteiger partial charge < -0.3 is 20.6 Å². The molecule has 38 heavy (non-hydrogen) atoms. The molecule has 0 radical (unpaired) electrons. The third-order valence-electron chi connectivity index (χ3n) is 8.35. The third kappa shape index (κ3) is 7.14. The molecule has 0 unspecified atom stereocenters. The predicted molar refractivity (Wildman–Crippen MR) is 149 cm³/mol. The van der Waals surface area contributed by atoms with Crippen molar-refractivity contribution >= 4 is 17.7 Å². The smallest absolute Gasteiger partial charge is 0.243 e. The molecule has 5 atom stereocenters. The average molecular weight is 529 g/mol. The number of benzene rings is 1. The van der Waals surface area contributed by atoms with Crippen LogP contribution in [0.2, 0.25) is 0 Å². The maximum Gasteiger partial charge on any atom is 0.243 e. The van der Waals surface area contributed by atoms with Crippen molar-refractivity contribution < 1.29 is 19.5 Å². The Balaban J connectivity index is 1.68. The van der Waals surface area contributed by atoms with Gasteiger partial charge in [-0.25, -0.2) is 0 Å². The lowest BCUT2D eigenvalue weighted by Crippen LogP contribution is -2.56. The van der Waals surface area contributed by atoms with Crippen molar-refractivity contribution in [2.75, 3.05) is 26.2 Å². The maximum absolute atomic E-state index is 13.6. The zero-order chi connectivity index (χ0) is 27.7. The number of nitrogens with one attached hydrogen (secondary N) is 2. The van der Waals surface area contributed by atoms with Crippen LogP contribution in [0.5, 0.6) is 0 Å². The fourth-order valence-electron chi connectivity index (χ4n) is 6.00. The Morgan fingerprint density at radius 1 is 1.05 bits per heavy atom. The fourth-order valence-corrected chi connectivity index (χ4v) is 6.00. The maximum atomic E-state index is 13.6. The van der Waals surface area contributed by atoms with Gasteiger partial charge in [-0.05, 0) is 70.5 Å². The number of likely N-dealkylation sites (tertiary alicyclic amines) is 2. The molecule has 0 aliphatic carbocycles. The quantitative estimate of drug-likeness (QED) is 0.322. The molecule has 2 aliphatic heterocycles. The molecular formula is C30H48N4O4. The minimum absolute atomic E-state index is 0.0589. The zero-order valence-electron chi connectivity index (χ0n) is 23.7. The Hall–Kier alpha value is -2.45. The van der Waals surface area contributed by atoms with E-state index in [9.17, 15) is 19.5 Å². The Bertz CT molecular complexity index is 926. The first kappa shape index (κ1) is 30.1. The summed E-state index contributed by atoms with van der Waals surface area (Å²) in [5.74, 6) is -0.683. The van der Waals surface area contributed by atoms with Crippen molar-refractivity contribution in [2.24, 2.45) is 5.92 Å². The highest BCUT2D eigenvalue weighted by molar-refractivity contribution is 5.94. The number of rotatable bonds is 14. The van der Waals surface area contributed by atoms with E-state index in [4.69, 9.17) is 0 Å². The van der Waals surface area contributed by atoms with Crippen molar-refractivity contribution in [3.8, 4) is 0 Å². The molecule has 1 aromatic carbocycles. The minimum Gasteiger partial charge on any atom is -0.391 e. The molecule has 8 heteroatoms. The summed E-state index contributed by atoms with van der Waals surface area (Å²) in [5, 5.41) is 17.2. The van der Waals surface area contributed by atoms with Crippen molar-refractivity contribution in [3.05, 3.63) is 35.9 Å². The second kappa shape index (κ2) is 14.1. The number of aliphatic hydroxyl groups is 1. The Kier molecular flexibility index (Phi) is 11.2. The molecule has 3 rings (SSSR count). The van der Waals surface area contributed by atoms with Gasteiger partial charge in [-0.1, -0.05) is 57.5 Å². The molecule has 2 saturated heterocycles. The monoisotopic (exact) mass is 528 g/mol. The molecule has 212 valence electrons. The summed E-state index contributed by atoms with van der Waals surface area (Å²) in [4.78, 5) is 43.6. The Morgan fingerprint density at radius 3 is 2.47 bits per heavy atom. The fraction of sp³-hybridized carbons (Fsp3) is 0.700. The molecule has 2 heterocycles. The molecule has 2 fully saturated rings. The van der Waals surface area contributed by atoms with Crippen molar-refractivity contribution in [1.29, 1.82) is 0 Å². The van der Waals surface area contributed by atoms with Gasteiger partial charge in [-0.3, -0.25) is 19.3 Å². The summed E-state index contributed by atoms with van der Waals surface area (Å²) in [5.41, 5.74) is 0.524. The van der Waals surface area contributed by atoms with E-state index in [2.05, 4.69) is 29.4 Å². The average Bonchev–Trinajstić information content (AvgIpc) is 3.47. The highest BCUT2D eigenvalue weighted by Gasteiger charge is 2.54. The summed E-state index contributed by atoms with van der Waals surface area (Å²) >= 11 is 0. The number of hydrogen-bond acceptors (Lipinski definition) is 5. The summed E-state index contributed by atoms with van der Waals surface area (Å²) in [6.45, 7) is 10.8. The number of aliphatic hydroxyl groups excluding tert-OH is 1. The van der Waals surface area contributed by atoms with Crippen molar-refractivity contribution in [3.63, 3.8) is 0 Å². The van der Waals surface area contributed by atoms with Crippen LogP contribution in [0.4, 0.5) is 0 Å². The Morgan fingerprint density at radius 2 is 1.79 bits per heavy atom. The van der Waals surface area contributed by atoms with Gasteiger partial charge in [0.2, 0.25) is 17.7 Å². The lowest BCUT2D eigenvalue weighted by molar-refractivity contribution is -0.143. The van der Waals surface area contributed by atoms with Crippen molar-refractivity contribution in [2.45, 2.75) is 103 Å². The van der Waals surface area contributed by atoms with Gasteiger partial charge in [0.25, 0.3) is 0 Å². The molecule has 1 aromatic rings. The molecule has 3 N–H and O–H groups in total. The first-order valence-corrected chi connectivity index (χ1v) is 14.6. The van der Waals surface area contributed by atoms with E-state index in [0.29, 0.717) is 19.5 Å². The summed E-state index contributed by atoms with van der Waals surface area (Å²) in [6.07, 6.45) is 5.29. The second-order valence-electron chi connectivity index (χ2n) is 11.2. The second-order valence-corrected chi connectivity index (χ2v) is 11.2. The van der Waals surface area contributed by atoms with Gasteiger partial charge in [0, 0.05) is 19.0 Å². The first-order valence-electron chi connectivity index (χ1n) is 14.6. The molecule has 8 nitrogen and oxygen atoms in total. The van der Waals surface area contributed by atoms with E-state index in [-0.39, 0.29) is 30.1 Å². The van der Waals surface area contributed by atoms with E-state index < -0.39 is 23.7 Å². The van der Waals surface area contributed by atoms with Crippen molar-refractivity contribution in [1.82, 2.24) is 20.4 Å². The van der Waals surface area contributed by atoms with Gasteiger partial charge in [-0.2, -0.15) is 0 Å². The standard InChI is InChI=1S/C30H48N4O4/c1-5-7-16-31-27(36)22(3)20-26(35)25(21-24-12-9-8-10-13-24)32-28(37)23(4)34-19-15-30(29(34)38)14-11-18-33(30)17-6-2/h8-10,12-13,22-23,25-26,35H,5-7,11,14-21H2,1-4H3,(H,31,36)(H,32,37)/t22-,23+,25+,26+,30-/m1/s1. The van der Waals surface area contributed by atoms with Gasteiger partial charge in [-0.15, -0.1) is 0 Å². The molecule has 3 amide bonds. The van der Waals surface area contributed by atoms with Gasteiger partial charge in [0.15, 0.2) is 0 Å². The molecule has 0 saturated carbocycles. The SMILES string of the molecule is CCCCNC(=O)[C@H](C)C[C@H](O)[C@H](Cc1ccccc1)NC(=O)[C@H](C)N1CC[C@]2(CCCN2CCC)C1=O. The van der Waals surface area contributed by atoms with Crippen LogP contribution in [0.3, 0.4) is 0 Å². The number of unbranched alkanes of at least 4 members (excludes halogenated alkanes) is 1. The topological polar surface area (TPSA) is 102 Å². The highest BCUT2D eigenvalue weighted by atomic mass is 16.3. The van der Waals surface area contributed by atoms with Crippen LogP contribution in [-0.2, 0) is 20.8 Å². The number of nitrogens with zero attached hydrogens (tertiary/aromatic N) is 2. The predicted octanol–water partition coefficient (Wildman–Crippen LogP) is 2.88. The number of amides is 3. The van der Waals surface area contributed by atoms with E-state index in [0.717, 1.165) is 57.2 Å². The third-order valence-corrected chi connectivity index (χ3v) is 8.35. The lowest BCUT2D eigenvalue weighted by Gasteiger charge is -2.34. The lowest BCUT2D eigenvalue weighted by atomic mass is 9.93. The van der Waals surface area contributed by atoms with Crippen LogP contribution < -0.4 is 10.6 Å². The zero-order valence-corrected chi connectivity index (χ0v) is 23.7. The van der Waals surface area contributed by atoms with Gasteiger partial charge >= 0.3 is 0 Å². The summed E-state index contributed by atoms with van der Waals surface area (Å²) < 4.78 is 0. The molecule has 2 aliphatic rings. The number of carbonyl (C=O) groups excluding carboxylic acids is 3. The van der Waals surface area contributed by atoms with Crippen LogP contribution in [0.25, 0.3) is 0 Å². The largest absolute Gasteiger partial charge is 0.391 e. The number of hydrogen-bond donors (Lipinski definition) is 3. The van der Waals surface area contributed by atoms with Crippen LogP contribution in [0.1, 0.15) is 78.2 Å². The number of carbonyl (C=O) groups is 3. The van der Waals surface area contributed by atoms with Gasteiger partial charge in [0.1, 0.15) is 11.6 Å². The molecular weight excluding hydrogens is 480 g/mol. The van der Waals surface area contributed by atoms with Crippen LogP contribution >= 0.6 is 0 Å². The summed E-state index contributed by atoms with van der Waals surface area (Å²) in [6, 6.07) is 8.51. The van der Waals surface area contributed by atoms with Gasteiger partial charge in [0.05, 0.1) is 12.1 Å². The van der Waals surface area contributed by atoms with Crippen LogP contribution in [0.15, 0.2) is 30.3 Å².